The Labute approximate surface area is 157 Å². The molecule has 0 unspecified atom stereocenters. The lowest BCUT2D eigenvalue weighted by atomic mass is 10.0. The smallest absolute Gasteiger partial charge is 0.278 e. The predicted octanol–water partition coefficient (Wildman–Crippen LogP) is 4.54. The van der Waals surface area contributed by atoms with E-state index in [1.54, 1.807) is 30.5 Å². The monoisotopic (exact) mass is 388 g/mol. The molecule has 3 aromatic rings. The molecule has 0 aliphatic carbocycles. The van der Waals surface area contributed by atoms with Crippen LogP contribution < -0.4 is 9.46 Å². The number of thiazole rings is 1. The van der Waals surface area contributed by atoms with Crippen molar-refractivity contribution in [1.82, 2.24) is 9.71 Å². The van der Waals surface area contributed by atoms with Crippen LogP contribution in [0.4, 0.5) is 0 Å². The number of nitrogens with one attached hydrogen (secondary N) is 1. The molecule has 26 heavy (non-hydrogen) atoms. The van der Waals surface area contributed by atoms with Crippen molar-refractivity contribution in [3.8, 4) is 10.9 Å². The minimum atomic E-state index is -3.54. The van der Waals surface area contributed by atoms with Crippen molar-refractivity contribution in [1.29, 1.82) is 0 Å². The van der Waals surface area contributed by atoms with E-state index in [1.165, 1.54) is 11.3 Å². The fourth-order valence-electron chi connectivity index (χ4n) is 2.33. The van der Waals surface area contributed by atoms with Gasteiger partial charge in [0.15, 0.2) is 0 Å². The molecule has 0 spiro atoms. The van der Waals surface area contributed by atoms with Gasteiger partial charge in [0.1, 0.15) is 5.75 Å². The molecule has 2 aromatic carbocycles. The summed E-state index contributed by atoms with van der Waals surface area (Å²) in [6.07, 6.45) is 1.68. The van der Waals surface area contributed by atoms with Gasteiger partial charge in [0.25, 0.3) is 5.19 Å². The molecule has 0 aliphatic rings. The molecule has 0 atom stereocenters. The molecule has 7 heteroatoms. The van der Waals surface area contributed by atoms with Gasteiger partial charge >= 0.3 is 0 Å². The van der Waals surface area contributed by atoms with Gasteiger partial charge in [-0.2, -0.15) is 0 Å². The summed E-state index contributed by atoms with van der Waals surface area (Å²) in [5.74, 6) is 1.03. The quantitative estimate of drug-likeness (QED) is 0.645. The van der Waals surface area contributed by atoms with E-state index in [1.807, 2.05) is 29.6 Å². The molecule has 0 amide bonds. The number of hydrogen-bond acceptors (Lipinski definition) is 5. The Morgan fingerprint density at radius 1 is 1.08 bits per heavy atom. The molecule has 0 saturated heterocycles. The molecule has 1 N–H and O–H groups in total. The van der Waals surface area contributed by atoms with Crippen molar-refractivity contribution in [2.75, 3.05) is 0 Å². The maximum Gasteiger partial charge on any atom is 0.278 e. The normalized spacial score (nSPS) is 11.7. The third-order valence-corrected chi connectivity index (χ3v) is 5.93. The Bertz CT molecular complexity index is 933. The van der Waals surface area contributed by atoms with E-state index in [-0.39, 0.29) is 11.4 Å². The summed E-state index contributed by atoms with van der Waals surface area (Å²) >= 11 is 1.41. The van der Waals surface area contributed by atoms with Gasteiger partial charge in [-0.25, -0.2) is 18.1 Å². The summed E-state index contributed by atoms with van der Waals surface area (Å²) < 4.78 is 33.1. The lowest BCUT2D eigenvalue weighted by molar-refractivity contribution is 0.478. The van der Waals surface area contributed by atoms with E-state index >= 15 is 0 Å². The average Bonchev–Trinajstić information content (AvgIpc) is 3.14. The summed E-state index contributed by atoms with van der Waals surface area (Å²) in [5, 5.41) is 2.41. The number of benzene rings is 2. The van der Waals surface area contributed by atoms with Gasteiger partial charge in [-0.15, -0.1) is 0 Å². The van der Waals surface area contributed by atoms with Crippen molar-refractivity contribution in [2.24, 2.45) is 0 Å². The Morgan fingerprint density at radius 3 is 2.35 bits per heavy atom. The van der Waals surface area contributed by atoms with Gasteiger partial charge in [-0.1, -0.05) is 49.4 Å². The van der Waals surface area contributed by atoms with E-state index in [0.717, 1.165) is 11.1 Å². The second kappa shape index (κ2) is 7.99. The van der Waals surface area contributed by atoms with E-state index < -0.39 is 10.0 Å². The molecule has 136 valence electrons. The van der Waals surface area contributed by atoms with E-state index in [4.69, 9.17) is 4.74 Å². The van der Waals surface area contributed by atoms with Gasteiger partial charge in [-0.05, 0) is 41.3 Å². The van der Waals surface area contributed by atoms with Crippen molar-refractivity contribution >= 4 is 21.4 Å². The highest BCUT2D eigenvalue weighted by molar-refractivity contribution is 7.89. The van der Waals surface area contributed by atoms with Crippen LogP contribution in [0.5, 0.6) is 10.9 Å². The van der Waals surface area contributed by atoms with Gasteiger partial charge in [-0.3, -0.25) is 0 Å². The first kappa shape index (κ1) is 18.6. The third-order valence-electron chi connectivity index (χ3n) is 3.86. The zero-order chi connectivity index (χ0) is 18.6. The zero-order valence-electron chi connectivity index (χ0n) is 14.5. The molecule has 0 aliphatic heterocycles. The van der Waals surface area contributed by atoms with Crippen LogP contribution in [0.15, 0.2) is 65.0 Å². The first-order chi connectivity index (χ1) is 12.4. The van der Waals surface area contributed by atoms with Crippen LogP contribution in [-0.4, -0.2) is 13.4 Å². The van der Waals surface area contributed by atoms with E-state index in [9.17, 15) is 8.42 Å². The largest absolute Gasteiger partial charge is 0.431 e. The second-order valence-electron chi connectivity index (χ2n) is 6.09. The van der Waals surface area contributed by atoms with Crippen molar-refractivity contribution in [3.05, 3.63) is 71.2 Å². The zero-order valence-corrected chi connectivity index (χ0v) is 16.2. The van der Waals surface area contributed by atoms with Gasteiger partial charge in [0.2, 0.25) is 10.0 Å². The maximum atomic E-state index is 12.4. The van der Waals surface area contributed by atoms with Crippen LogP contribution in [0.1, 0.15) is 30.9 Å². The molecular formula is C19H20N2O3S2. The van der Waals surface area contributed by atoms with Crippen LogP contribution >= 0.6 is 11.3 Å². The molecule has 1 heterocycles. The maximum absolute atomic E-state index is 12.4. The topological polar surface area (TPSA) is 68.3 Å². The lowest BCUT2D eigenvalue weighted by Gasteiger charge is -2.10. The number of hydrogen-bond donors (Lipinski definition) is 1. The van der Waals surface area contributed by atoms with Gasteiger partial charge in [0, 0.05) is 18.1 Å². The number of nitrogens with zero attached hydrogens (tertiary/aromatic N) is 1. The highest BCUT2D eigenvalue weighted by atomic mass is 32.2. The molecule has 3 rings (SSSR count). The summed E-state index contributed by atoms with van der Waals surface area (Å²) in [4.78, 5) is 4.33. The van der Waals surface area contributed by atoms with Crippen LogP contribution in [0.25, 0.3) is 0 Å². The van der Waals surface area contributed by atoms with Crippen molar-refractivity contribution in [2.45, 2.75) is 31.2 Å². The van der Waals surface area contributed by atoms with Crippen LogP contribution in [0.2, 0.25) is 0 Å². The molecule has 0 saturated carbocycles. The summed E-state index contributed by atoms with van der Waals surface area (Å²) in [6.45, 7) is 4.36. The predicted molar refractivity (Wildman–Crippen MR) is 103 cm³/mol. The van der Waals surface area contributed by atoms with E-state index in [2.05, 4.69) is 23.6 Å². The first-order valence-electron chi connectivity index (χ1n) is 8.20. The summed E-state index contributed by atoms with van der Waals surface area (Å²) in [6, 6.07) is 14.2. The average molecular weight is 389 g/mol. The highest BCUT2D eigenvalue weighted by Gasteiger charge is 2.14. The lowest BCUT2D eigenvalue weighted by Crippen LogP contribution is -2.23. The van der Waals surface area contributed by atoms with Crippen LogP contribution in [0.3, 0.4) is 0 Å². The molecule has 1 aromatic heterocycles. The van der Waals surface area contributed by atoms with E-state index in [0.29, 0.717) is 16.9 Å². The molecule has 0 bridgehead atoms. The van der Waals surface area contributed by atoms with Crippen molar-refractivity contribution < 1.29 is 13.2 Å². The molecule has 0 radical (unpaired) electrons. The molecule has 5 nitrogen and oxygen atoms in total. The van der Waals surface area contributed by atoms with Gasteiger partial charge < -0.3 is 4.74 Å². The standard InChI is InChI=1S/C19H20N2O3S2/c1-14(2)16-5-9-18(10-6-16)26(22,23)21-13-15-3-7-17(8-4-15)24-19-20-11-12-25-19/h3-12,14,21H,13H2,1-2H3. The number of aromatic nitrogens is 1. The Kier molecular flexibility index (Phi) is 5.70. The Balaban J connectivity index is 1.62. The SMILES string of the molecule is CC(C)c1ccc(S(=O)(=O)NCc2ccc(Oc3nccs3)cc2)cc1. The summed E-state index contributed by atoms with van der Waals surface area (Å²) in [5.41, 5.74) is 1.96. The fourth-order valence-corrected chi connectivity index (χ4v) is 3.85. The van der Waals surface area contributed by atoms with Crippen LogP contribution in [-0.2, 0) is 16.6 Å². The highest BCUT2D eigenvalue weighted by Crippen LogP contribution is 2.23. The number of rotatable bonds is 7. The Morgan fingerprint density at radius 2 is 1.77 bits per heavy atom. The van der Waals surface area contributed by atoms with Gasteiger partial charge in [0.05, 0.1) is 4.90 Å². The number of sulfonamides is 1. The minimum absolute atomic E-state index is 0.214. The minimum Gasteiger partial charge on any atom is -0.431 e. The Hall–Kier alpha value is -2.22. The van der Waals surface area contributed by atoms with Crippen LogP contribution in [0, 0.1) is 0 Å². The second-order valence-corrected chi connectivity index (χ2v) is 8.72. The van der Waals surface area contributed by atoms with Crippen molar-refractivity contribution in [3.63, 3.8) is 0 Å². The third kappa shape index (κ3) is 4.69. The fraction of sp³-hybridized carbons (Fsp3) is 0.211. The first-order valence-corrected chi connectivity index (χ1v) is 10.6. The number of ether oxygens (including phenoxy) is 1. The molecular weight excluding hydrogens is 368 g/mol. The molecule has 0 fully saturated rings. The summed E-state index contributed by atoms with van der Waals surface area (Å²) in [7, 11) is -3.54.